The summed E-state index contributed by atoms with van der Waals surface area (Å²) in [6.07, 6.45) is 0. The first-order chi connectivity index (χ1) is 9.83. The lowest BCUT2D eigenvalue weighted by Gasteiger charge is -2.13. The van der Waals surface area contributed by atoms with E-state index in [1.807, 2.05) is 0 Å². The minimum absolute atomic E-state index is 0.175. The van der Waals surface area contributed by atoms with E-state index < -0.39 is 20.7 Å². The zero-order chi connectivity index (χ0) is 15.6. The average Bonchev–Trinajstić information content (AvgIpc) is 2.40. The Bertz CT molecular complexity index is 781. The predicted molar refractivity (Wildman–Crippen MR) is 82.3 cm³/mol. The number of anilines is 2. The second kappa shape index (κ2) is 5.90. The van der Waals surface area contributed by atoms with Crippen molar-refractivity contribution in [3.63, 3.8) is 0 Å². The summed E-state index contributed by atoms with van der Waals surface area (Å²) in [5.41, 5.74) is 6.19. The smallest absolute Gasteiger partial charge is 0.264 e. The van der Waals surface area contributed by atoms with Crippen LogP contribution in [-0.2, 0) is 10.0 Å². The van der Waals surface area contributed by atoms with Crippen molar-refractivity contribution in [2.45, 2.75) is 4.90 Å². The van der Waals surface area contributed by atoms with Gasteiger partial charge in [-0.2, -0.15) is 0 Å². The Morgan fingerprint density at radius 1 is 1.24 bits per heavy atom. The highest BCUT2D eigenvalue weighted by atomic mass is 79.9. The minimum Gasteiger partial charge on any atom is -0.494 e. The molecule has 112 valence electrons. The van der Waals surface area contributed by atoms with Gasteiger partial charge in [-0.15, -0.1) is 0 Å². The number of nitrogens with one attached hydrogen (secondary N) is 1. The lowest BCUT2D eigenvalue weighted by Crippen LogP contribution is -2.15. The minimum atomic E-state index is -4.07. The van der Waals surface area contributed by atoms with E-state index in [0.717, 1.165) is 6.07 Å². The van der Waals surface area contributed by atoms with Crippen LogP contribution in [0.4, 0.5) is 15.8 Å². The van der Waals surface area contributed by atoms with Crippen LogP contribution in [0.1, 0.15) is 0 Å². The van der Waals surface area contributed by atoms with Crippen molar-refractivity contribution >= 4 is 37.3 Å². The monoisotopic (exact) mass is 374 g/mol. The van der Waals surface area contributed by atoms with Crippen LogP contribution in [0.2, 0.25) is 0 Å². The Balaban J connectivity index is 2.42. The number of hydrogen-bond acceptors (Lipinski definition) is 4. The Hall–Kier alpha value is -1.80. The van der Waals surface area contributed by atoms with Crippen LogP contribution in [0.25, 0.3) is 0 Å². The summed E-state index contributed by atoms with van der Waals surface area (Å²) in [6, 6.07) is 8.12. The summed E-state index contributed by atoms with van der Waals surface area (Å²) >= 11 is 3.07. The fourth-order valence-corrected chi connectivity index (χ4v) is 3.15. The molecular weight excluding hydrogens is 363 g/mol. The van der Waals surface area contributed by atoms with Gasteiger partial charge < -0.3 is 10.5 Å². The highest BCUT2D eigenvalue weighted by Gasteiger charge is 2.20. The fourth-order valence-electron chi connectivity index (χ4n) is 1.69. The molecule has 8 heteroatoms. The molecule has 0 amide bonds. The molecule has 0 unspecified atom stereocenters. The van der Waals surface area contributed by atoms with Gasteiger partial charge in [-0.1, -0.05) is 15.9 Å². The Morgan fingerprint density at radius 3 is 2.57 bits per heavy atom. The van der Waals surface area contributed by atoms with Crippen LogP contribution in [0, 0.1) is 5.82 Å². The molecule has 0 spiro atoms. The van der Waals surface area contributed by atoms with Crippen molar-refractivity contribution in [1.29, 1.82) is 0 Å². The molecule has 21 heavy (non-hydrogen) atoms. The largest absolute Gasteiger partial charge is 0.494 e. The number of nitrogens with two attached hydrogens (primary N) is 1. The van der Waals surface area contributed by atoms with Gasteiger partial charge in [-0.3, -0.25) is 4.72 Å². The van der Waals surface area contributed by atoms with Gasteiger partial charge in [-0.05, 0) is 30.3 Å². The predicted octanol–water partition coefficient (Wildman–Crippen LogP) is 2.98. The number of sulfonamides is 1. The molecule has 0 heterocycles. The van der Waals surface area contributed by atoms with Gasteiger partial charge in [0.2, 0.25) is 0 Å². The first-order valence-electron chi connectivity index (χ1n) is 5.75. The van der Waals surface area contributed by atoms with Crippen molar-refractivity contribution in [3.05, 3.63) is 46.7 Å². The van der Waals surface area contributed by atoms with Crippen molar-refractivity contribution in [3.8, 4) is 5.75 Å². The maximum Gasteiger partial charge on any atom is 0.264 e. The fraction of sp³-hybridized carbons (Fsp3) is 0.0769. The number of halogens is 2. The van der Waals surface area contributed by atoms with Gasteiger partial charge in [0, 0.05) is 16.2 Å². The molecule has 0 atom stereocenters. The zero-order valence-corrected chi connectivity index (χ0v) is 13.3. The molecule has 0 aliphatic rings. The number of benzene rings is 2. The summed E-state index contributed by atoms with van der Waals surface area (Å²) in [5.74, 6) is -0.609. The quantitative estimate of drug-likeness (QED) is 0.806. The molecular formula is C13H12BrFN2O3S. The lowest BCUT2D eigenvalue weighted by atomic mass is 10.2. The first-order valence-corrected chi connectivity index (χ1v) is 8.02. The van der Waals surface area contributed by atoms with Crippen LogP contribution in [0.5, 0.6) is 5.75 Å². The lowest BCUT2D eigenvalue weighted by molar-refractivity contribution is 0.417. The van der Waals surface area contributed by atoms with Gasteiger partial charge in [0.15, 0.2) is 0 Å². The Labute approximate surface area is 130 Å². The standard InChI is InChI=1S/C13H12BrFN2O3S/c1-20-12-7-9(16)3-4-11(12)17-21(18,19)13-5-2-8(14)6-10(13)15/h2-7,17H,16H2,1H3. The normalized spacial score (nSPS) is 11.2. The second-order valence-corrected chi connectivity index (χ2v) is 6.71. The summed E-state index contributed by atoms with van der Waals surface area (Å²) in [5, 5.41) is 0. The molecule has 0 saturated carbocycles. The number of rotatable bonds is 4. The van der Waals surface area contributed by atoms with Gasteiger partial charge in [0.25, 0.3) is 10.0 Å². The van der Waals surface area contributed by atoms with Crippen LogP contribution < -0.4 is 15.2 Å². The van der Waals surface area contributed by atoms with Crippen LogP contribution in [0.3, 0.4) is 0 Å². The Morgan fingerprint density at radius 2 is 1.95 bits per heavy atom. The van der Waals surface area contributed by atoms with Gasteiger partial charge in [0.1, 0.15) is 16.5 Å². The number of nitrogen functional groups attached to an aromatic ring is 1. The molecule has 0 radical (unpaired) electrons. The molecule has 0 aliphatic heterocycles. The van der Waals surface area contributed by atoms with E-state index in [4.69, 9.17) is 10.5 Å². The molecule has 0 saturated heterocycles. The van der Waals surface area contributed by atoms with Gasteiger partial charge >= 0.3 is 0 Å². The maximum absolute atomic E-state index is 13.8. The molecule has 2 rings (SSSR count). The van der Waals surface area contributed by atoms with Crippen molar-refractivity contribution < 1.29 is 17.5 Å². The molecule has 3 N–H and O–H groups in total. The topological polar surface area (TPSA) is 81.4 Å². The van der Waals surface area contributed by atoms with E-state index in [2.05, 4.69) is 20.7 Å². The maximum atomic E-state index is 13.8. The third kappa shape index (κ3) is 3.45. The molecule has 5 nitrogen and oxygen atoms in total. The summed E-state index contributed by atoms with van der Waals surface area (Å²) in [6.45, 7) is 0. The molecule has 2 aromatic rings. The van der Waals surface area contributed by atoms with E-state index in [1.165, 1.54) is 37.4 Å². The highest BCUT2D eigenvalue weighted by Crippen LogP contribution is 2.29. The summed E-state index contributed by atoms with van der Waals surface area (Å²) in [7, 11) is -2.69. The Kier molecular flexibility index (Phi) is 4.38. The number of hydrogen-bond donors (Lipinski definition) is 2. The van der Waals surface area contributed by atoms with E-state index in [-0.39, 0.29) is 11.4 Å². The average molecular weight is 375 g/mol. The van der Waals surface area contributed by atoms with Gasteiger partial charge in [0.05, 0.1) is 12.8 Å². The second-order valence-electron chi connectivity index (χ2n) is 4.14. The van der Waals surface area contributed by atoms with E-state index in [1.54, 1.807) is 0 Å². The van der Waals surface area contributed by atoms with E-state index in [0.29, 0.717) is 10.2 Å². The van der Waals surface area contributed by atoms with Crippen molar-refractivity contribution in [2.24, 2.45) is 0 Å². The zero-order valence-electron chi connectivity index (χ0n) is 10.9. The SMILES string of the molecule is COc1cc(N)ccc1NS(=O)(=O)c1ccc(Br)cc1F. The van der Waals surface area contributed by atoms with E-state index in [9.17, 15) is 12.8 Å². The summed E-state index contributed by atoms with van der Waals surface area (Å²) in [4.78, 5) is -0.454. The summed E-state index contributed by atoms with van der Waals surface area (Å²) < 4.78 is 46.0. The third-order valence-electron chi connectivity index (χ3n) is 2.65. The van der Waals surface area contributed by atoms with E-state index >= 15 is 0 Å². The molecule has 0 fully saturated rings. The van der Waals surface area contributed by atoms with Crippen molar-refractivity contribution in [2.75, 3.05) is 17.6 Å². The van der Waals surface area contributed by atoms with Crippen LogP contribution in [-0.4, -0.2) is 15.5 Å². The van der Waals surface area contributed by atoms with Crippen molar-refractivity contribution in [1.82, 2.24) is 0 Å². The molecule has 0 bridgehead atoms. The number of methoxy groups -OCH3 is 1. The first kappa shape index (κ1) is 15.6. The molecule has 2 aromatic carbocycles. The third-order valence-corrected chi connectivity index (χ3v) is 4.55. The van der Waals surface area contributed by atoms with Crippen LogP contribution >= 0.6 is 15.9 Å². The van der Waals surface area contributed by atoms with Crippen LogP contribution in [0.15, 0.2) is 45.8 Å². The highest BCUT2D eigenvalue weighted by molar-refractivity contribution is 9.10. The molecule has 0 aliphatic carbocycles. The molecule has 0 aromatic heterocycles. The number of ether oxygens (including phenoxy) is 1. The van der Waals surface area contributed by atoms with Gasteiger partial charge in [-0.25, -0.2) is 12.8 Å².